The summed E-state index contributed by atoms with van der Waals surface area (Å²) in [5.41, 5.74) is 0.441. The Morgan fingerprint density at radius 1 is 1.31 bits per heavy atom. The molecule has 72 valence electrons. The second kappa shape index (κ2) is 2.37. The smallest absolute Gasteiger partial charge is 0.136 e. The quantitative estimate of drug-likeness (QED) is 0.557. The summed E-state index contributed by atoms with van der Waals surface area (Å²) in [5, 5.41) is 0. The minimum absolute atomic E-state index is 0.441. The zero-order valence-corrected chi connectivity index (χ0v) is 8.38. The molecule has 13 heavy (non-hydrogen) atoms. The largest absolute Gasteiger partial charge is 0.299 e. The molecular weight excluding hydrogens is 160 g/mol. The van der Waals surface area contributed by atoms with Crippen LogP contribution in [0.1, 0.15) is 45.4 Å². The summed E-state index contributed by atoms with van der Waals surface area (Å²) in [6.45, 7) is 2.38. The lowest BCUT2D eigenvalue weighted by atomic mass is 9.44. The average molecular weight is 178 g/mol. The van der Waals surface area contributed by atoms with E-state index in [2.05, 4.69) is 6.92 Å². The van der Waals surface area contributed by atoms with Crippen LogP contribution in [0.4, 0.5) is 0 Å². The molecule has 3 aliphatic rings. The van der Waals surface area contributed by atoms with Gasteiger partial charge in [0.25, 0.3) is 0 Å². The van der Waals surface area contributed by atoms with Crippen molar-refractivity contribution >= 4 is 5.78 Å². The summed E-state index contributed by atoms with van der Waals surface area (Å²) in [6.07, 6.45) is 7.50. The van der Waals surface area contributed by atoms with Gasteiger partial charge in [-0.05, 0) is 42.9 Å². The van der Waals surface area contributed by atoms with Crippen molar-refractivity contribution < 1.29 is 4.79 Å². The van der Waals surface area contributed by atoms with Gasteiger partial charge in [0.15, 0.2) is 0 Å². The zero-order valence-electron chi connectivity index (χ0n) is 8.38. The van der Waals surface area contributed by atoms with Crippen LogP contribution in [-0.4, -0.2) is 5.78 Å². The summed E-state index contributed by atoms with van der Waals surface area (Å²) >= 11 is 0. The van der Waals surface area contributed by atoms with Gasteiger partial charge in [0.2, 0.25) is 0 Å². The summed E-state index contributed by atoms with van der Waals surface area (Å²) in [7, 11) is 0. The van der Waals surface area contributed by atoms with Crippen molar-refractivity contribution in [2.24, 2.45) is 23.2 Å². The van der Waals surface area contributed by atoms with Crippen molar-refractivity contribution in [3.8, 4) is 0 Å². The van der Waals surface area contributed by atoms with Crippen molar-refractivity contribution in [3.63, 3.8) is 0 Å². The maximum atomic E-state index is 11.8. The first kappa shape index (κ1) is 8.02. The number of rotatable bonds is 0. The molecule has 3 fully saturated rings. The summed E-state index contributed by atoms with van der Waals surface area (Å²) in [6, 6.07) is 0. The molecular formula is C12H18O. The fraction of sp³-hybridized carbons (Fsp3) is 0.917. The molecule has 0 amide bonds. The monoisotopic (exact) mass is 178 g/mol. The van der Waals surface area contributed by atoms with Crippen LogP contribution in [-0.2, 0) is 4.79 Å². The highest BCUT2D eigenvalue weighted by Crippen LogP contribution is 2.66. The lowest BCUT2D eigenvalue weighted by Crippen LogP contribution is -2.58. The number of hydrogen-bond donors (Lipinski definition) is 0. The van der Waals surface area contributed by atoms with Gasteiger partial charge < -0.3 is 0 Å². The Hall–Kier alpha value is -0.330. The minimum atomic E-state index is 0.441. The van der Waals surface area contributed by atoms with Gasteiger partial charge in [-0.3, -0.25) is 4.79 Å². The van der Waals surface area contributed by atoms with Crippen LogP contribution in [0.2, 0.25) is 0 Å². The Labute approximate surface area is 79.9 Å². The molecule has 1 nitrogen and oxygen atoms in total. The van der Waals surface area contributed by atoms with Gasteiger partial charge in [-0.1, -0.05) is 13.3 Å². The molecule has 0 spiro atoms. The van der Waals surface area contributed by atoms with Crippen LogP contribution in [0.5, 0.6) is 0 Å². The lowest BCUT2D eigenvalue weighted by molar-refractivity contribution is -0.160. The molecule has 1 heteroatoms. The standard InChI is InChI=1S/C12H18O/c1-12-7-3-6-10(13)11(12)8-4-2-5-9(8)12/h8-9,11H,2-7H2,1H3/t8-,9+,11-,12-/m0/s1. The average Bonchev–Trinajstić information content (AvgIpc) is 2.48. The maximum absolute atomic E-state index is 11.8. The Morgan fingerprint density at radius 3 is 3.00 bits per heavy atom. The van der Waals surface area contributed by atoms with E-state index in [1.54, 1.807) is 0 Å². The van der Waals surface area contributed by atoms with E-state index < -0.39 is 0 Å². The van der Waals surface area contributed by atoms with Crippen molar-refractivity contribution in [3.05, 3.63) is 0 Å². The SMILES string of the molecule is C[C@@]12CCCC(=O)[C@@H]1[C@H]1CCC[C@H]12. The fourth-order valence-corrected chi connectivity index (χ4v) is 4.55. The number of Topliss-reactive ketones (excluding diaryl/α,β-unsaturated/α-hetero) is 1. The maximum Gasteiger partial charge on any atom is 0.136 e. The molecule has 3 saturated carbocycles. The van der Waals surface area contributed by atoms with Crippen LogP contribution in [0, 0.1) is 23.2 Å². The molecule has 0 heterocycles. The normalized spacial score (nSPS) is 53.9. The fourth-order valence-electron chi connectivity index (χ4n) is 4.55. The van der Waals surface area contributed by atoms with Crippen LogP contribution < -0.4 is 0 Å². The molecule has 3 aliphatic carbocycles. The molecule has 0 aliphatic heterocycles. The number of carbonyl (C=O) groups is 1. The van der Waals surface area contributed by atoms with Gasteiger partial charge in [0.1, 0.15) is 5.78 Å². The first-order chi connectivity index (χ1) is 6.23. The zero-order chi connectivity index (χ0) is 9.05. The van der Waals surface area contributed by atoms with E-state index in [0.29, 0.717) is 17.1 Å². The third kappa shape index (κ3) is 0.812. The van der Waals surface area contributed by atoms with Gasteiger partial charge in [-0.2, -0.15) is 0 Å². The van der Waals surface area contributed by atoms with E-state index in [1.165, 1.54) is 25.7 Å². The Morgan fingerprint density at radius 2 is 2.15 bits per heavy atom. The third-order valence-corrected chi connectivity index (χ3v) is 5.04. The molecule has 0 bridgehead atoms. The van der Waals surface area contributed by atoms with E-state index in [1.807, 2.05) is 0 Å². The van der Waals surface area contributed by atoms with Crippen LogP contribution in [0.15, 0.2) is 0 Å². The van der Waals surface area contributed by atoms with Gasteiger partial charge in [-0.25, -0.2) is 0 Å². The number of hydrogen-bond acceptors (Lipinski definition) is 1. The van der Waals surface area contributed by atoms with Crippen molar-refractivity contribution in [2.75, 3.05) is 0 Å². The lowest BCUT2D eigenvalue weighted by Gasteiger charge is -2.59. The predicted octanol–water partition coefficient (Wildman–Crippen LogP) is 2.79. The molecule has 4 atom stereocenters. The second-order valence-electron chi connectivity index (χ2n) is 5.50. The highest BCUT2D eigenvalue weighted by molar-refractivity contribution is 5.84. The minimum Gasteiger partial charge on any atom is -0.299 e. The summed E-state index contributed by atoms with van der Waals surface area (Å²) in [5.74, 6) is 2.80. The summed E-state index contributed by atoms with van der Waals surface area (Å²) in [4.78, 5) is 11.8. The van der Waals surface area contributed by atoms with Crippen LogP contribution in [0.3, 0.4) is 0 Å². The van der Waals surface area contributed by atoms with Gasteiger partial charge in [0.05, 0.1) is 0 Å². The Kier molecular flexibility index (Phi) is 1.46. The van der Waals surface area contributed by atoms with Gasteiger partial charge in [0, 0.05) is 12.3 Å². The molecule has 3 rings (SSSR count). The molecule has 0 aromatic heterocycles. The van der Waals surface area contributed by atoms with Crippen LogP contribution in [0.25, 0.3) is 0 Å². The first-order valence-electron chi connectivity index (χ1n) is 5.76. The molecule has 0 unspecified atom stereocenters. The molecule has 0 N–H and O–H groups in total. The third-order valence-electron chi connectivity index (χ3n) is 5.04. The second-order valence-corrected chi connectivity index (χ2v) is 5.50. The molecule has 0 radical (unpaired) electrons. The Balaban J connectivity index is 1.93. The molecule has 0 saturated heterocycles. The van der Waals surface area contributed by atoms with E-state index >= 15 is 0 Å². The number of fused-ring (bicyclic) bond motifs is 4. The molecule has 0 aromatic carbocycles. The van der Waals surface area contributed by atoms with E-state index in [-0.39, 0.29) is 0 Å². The van der Waals surface area contributed by atoms with Crippen molar-refractivity contribution in [2.45, 2.75) is 45.4 Å². The van der Waals surface area contributed by atoms with Gasteiger partial charge >= 0.3 is 0 Å². The highest BCUT2D eigenvalue weighted by Gasteiger charge is 2.63. The van der Waals surface area contributed by atoms with Crippen LogP contribution >= 0.6 is 0 Å². The van der Waals surface area contributed by atoms with Gasteiger partial charge in [-0.15, -0.1) is 0 Å². The van der Waals surface area contributed by atoms with E-state index in [4.69, 9.17) is 0 Å². The predicted molar refractivity (Wildman–Crippen MR) is 51.3 cm³/mol. The summed E-state index contributed by atoms with van der Waals surface area (Å²) < 4.78 is 0. The first-order valence-corrected chi connectivity index (χ1v) is 5.76. The highest BCUT2D eigenvalue weighted by atomic mass is 16.1. The topological polar surface area (TPSA) is 17.1 Å². The van der Waals surface area contributed by atoms with E-state index in [0.717, 1.165) is 24.7 Å². The van der Waals surface area contributed by atoms with E-state index in [9.17, 15) is 4.79 Å². The Bertz CT molecular complexity index is 258. The number of ketones is 1. The van der Waals surface area contributed by atoms with Crippen molar-refractivity contribution in [1.29, 1.82) is 0 Å². The van der Waals surface area contributed by atoms with Crippen molar-refractivity contribution in [1.82, 2.24) is 0 Å². The molecule has 0 aromatic rings. The number of carbonyl (C=O) groups excluding carboxylic acids is 1.